The maximum absolute atomic E-state index is 12.6. The monoisotopic (exact) mass is 184 g/mol. The van der Waals surface area contributed by atoms with Crippen LogP contribution in [-0.4, -0.2) is 4.98 Å². The molecule has 0 bridgehead atoms. The second-order valence-corrected chi connectivity index (χ2v) is 2.61. The summed E-state index contributed by atoms with van der Waals surface area (Å²) >= 11 is 0. The van der Waals surface area contributed by atoms with Gasteiger partial charge in [0.2, 0.25) is 0 Å². The normalized spacial score (nSPS) is 10.9. The third-order valence-electron chi connectivity index (χ3n) is 1.50. The number of halogens is 2. The number of H-pyrrole nitrogens is 1. The molecule has 0 fully saturated rings. The Morgan fingerprint density at radius 3 is 2.54 bits per heavy atom. The van der Waals surface area contributed by atoms with E-state index in [0.29, 0.717) is 6.92 Å². The molecule has 1 heterocycles. The van der Waals surface area contributed by atoms with Crippen LogP contribution in [0.15, 0.2) is 16.9 Å². The lowest BCUT2D eigenvalue weighted by molar-refractivity contribution is 0.0125. The molecule has 1 aromatic rings. The molecule has 5 heteroatoms. The van der Waals surface area contributed by atoms with E-state index in [2.05, 4.69) is 0 Å². The summed E-state index contributed by atoms with van der Waals surface area (Å²) in [6.45, 7) is 0.671. The van der Waals surface area contributed by atoms with Crippen molar-refractivity contribution in [3.8, 4) is 6.07 Å². The Hall–Kier alpha value is -1.70. The summed E-state index contributed by atoms with van der Waals surface area (Å²) in [6, 6.07) is 3.69. The molecule has 0 radical (unpaired) electrons. The van der Waals surface area contributed by atoms with Crippen molar-refractivity contribution < 1.29 is 8.78 Å². The number of aromatic amines is 1. The van der Waals surface area contributed by atoms with Crippen molar-refractivity contribution in [3.05, 3.63) is 33.7 Å². The van der Waals surface area contributed by atoms with Crippen LogP contribution in [0.2, 0.25) is 0 Å². The van der Waals surface area contributed by atoms with Crippen molar-refractivity contribution in [1.82, 2.24) is 4.98 Å². The van der Waals surface area contributed by atoms with E-state index in [1.54, 1.807) is 6.07 Å². The van der Waals surface area contributed by atoms with Crippen molar-refractivity contribution >= 4 is 0 Å². The molecule has 0 aromatic carbocycles. The maximum Gasteiger partial charge on any atom is 0.284 e. The SMILES string of the molecule is CC(F)(F)c1ccc(C#N)c(=O)[nH]1. The Labute approximate surface area is 72.6 Å². The van der Waals surface area contributed by atoms with E-state index >= 15 is 0 Å². The smallest absolute Gasteiger partial charge is 0.284 e. The van der Waals surface area contributed by atoms with Crippen LogP contribution >= 0.6 is 0 Å². The summed E-state index contributed by atoms with van der Waals surface area (Å²) < 4.78 is 25.2. The molecule has 3 nitrogen and oxygen atoms in total. The van der Waals surface area contributed by atoms with Gasteiger partial charge in [-0.2, -0.15) is 5.26 Å². The van der Waals surface area contributed by atoms with Crippen LogP contribution in [0.4, 0.5) is 8.78 Å². The second-order valence-electron chi connectivity index (χ2n) is 2.61. The molecule has 0 atom stereocenters. The summed E-state index contributed by atoms with van der Waals surface area (Å²) in [7, 11) is 0. The van der Waals surface area contributed by atoms with Gasteiger partial charge in [-0.25, -0.2) is 8.78 Å². The van der Waals surface area contributed by atoms with E-state index in [1.807, 2.05) is 4.98 Å². The highest BCUT2D eigenvalue weighted by molar-refractivity contribution is 5.27. The van der Waals surface area contributed by atoms with Gasteiger partial charge in [0.25, 0.3) is 11.5 Å². The summed E-state index contributed by atoms with van der Waals surface area (Å²) in [5, 5.41) is 8.35. The number of rotatable bonds is 1. The minimum Gasteiger partial charge on any atom is -0.320 e. The molecule has 13 heavy (non-hydrogen) atoms. The molecule has 0 aliphatic rings. The molecule has 1 aromatic heterocycles. The fourth-order valence-corrected chi connectivity index (χ4v) is 0.818. The fourth-order valence-electron chi connectivity index (χ4n) is 0.818. The van der Waals surface area contributed by atoms with Crippen molar-refractivity contribution in [2.75, 3.05) is 0 Å². The summed E-state index contributed by atoms with van der Waals surface area (Å²) in [5.41, 5.74) is -1.45. The lowest BCUT2D eigenvalue weighted by Gasteiger charge is -2.08. The maximum atomic E-state index is 12.6. The van der Waals surface area contributed by atoms with Crippen LogP contribution in [0.3, 0.4) is 0 Å². The first-order chi connectivity index (χ1) is 5.95. The first-order valence-electron chi connectivity index (χ1n) is 3.47. The van der Waals surface area contributed by atoms with Crippen molar-refractivity contribution in [2.45, 2.75) is 12.8 Å². The topological polar surface area (TPSA) is 56.6 Å². The number of hydrogen-bond donors (Lipinski definition) is 1. The van der Waals surface area contributed by atoms with Gasteiger partial charge in [0, 0.05) is 6.92 Å². The fraction of sp³-hybridized carbons (Fsp3) is 0.250. The van der Waals surface area contributed by atoms with Gasteiger partial charge in [-0.05, 0) is 12.1 Å². The van der Waals surface area contributed by atoms with Gasteiger partial charge in [-0.3, -0.25) is 4.79 Å². The minimum absolute atomic E-state index is 0.173. The lowest BCUT2D eigenvalue weighted by Crippen LogP contribution is -2.18. The van der Waals surface area contributed by atoms with Gasteiger partial charge in [-0.1, -0.05) is 0 Å². The summed E-state index contributed by atoms with van der Waals surface area (Å²) in [4.78, 5) is 12.8. The molecule has 1 N–H and O–H groups in total. The Kier molecular flexibility index (Phi) is 2.15. The average Bonchev–Trinajstić information content (AvgIpc) is 2.02. The molecule has 0 saturated heterocycles. The molecule has 0 aliphatic carbocycles. The van der Waals surface area contributed by atoms with Gasteiger partial charge in [-0.15, -0.1) is 0 Å². The number of nitrogens with one attached hydrogen (secondary N) is 1. The van der Waals surface area contributed by atoms with Crippen LogP contribution in [0.1, 0.15) is 18.2 Å². The Balaban J connectivity index is 3.28. The van der Waals surface area contributed by atoms with E-state index < -0.39 is 17.2 Å². The van der Waals surface area contributed by atoms with Crippen molar-refractivity contribution in [3.63, 3.8) is 0 Å². The molecule has 0 saturated carbocycles. The summed E-state index contributed by atoms with van der Waals surface area (Å²) in [6.07, 6.45) is 0. The number of aromatic nitrogens is 1. The van der Waals surface area contributed by atoms with E-state index in [9.17, 15) is 13.6 Å². The first kappa shape index (κ1) is 9.39. The predicted octanol–water partition coefficient (Wildman–Crippen LogP) is 1.36. The highest BCUT2D eigenvalue weighted by Crippen LogP contribution is 2.23. The Morgan fingerprint density at radius 2 is 2.15 bits per heavy atom. The molecular formula is C8H6F2N2O. The number of nitriles is 1. The van der Waals surface area contributed by atoms with Gasteiger partial charge in [0.15, 0.2) is 0 Å². The predicted molar refractivity (Wildman–Crippen MR) is 41.3 cm³/mol. The van der Waals surface area contributed by atoms with Gasteiger partial charge in [0.05, 0.1) is 5.69 Å². The van der Waals surface area contributed by atoms with E-state index in [1.165, 1.54) is 0 Å². The number of alkyl halides is 2. The molecule has 68 valence electrons. The summed E-state index contributed by atoms with van der Waals surface area (Å²) in [5.74, 6) is -3.09. The quantitative estimate of drug-likeness (QED) is 0.716. The molecular weight excluding hydrogens is 178 g/mol. The average molecular weight is 184 g/mol. The van der Waals surface area contributed by atoms with Gasteiger partial charge >= 0.3 is 0 Å². The molecule has 0 amide bonds. The molecule has 0 spiro atoms. The zero-order chi connectivity index (χ0) is 10.1. The highest BCUT2D eigenvalue weighted by atomic mass is 19.3. The Morgan fingerprint density at radius 1 is 1.54 bits per heavy atom. The van der Waals surface area contributed by atoms with Crippen LogP contribution in [-0.2, 0) is 5.92 Å². The standard InChI is InChI=1S/C8H6F2N2O/c1-8(9,10)6-3-2-5(4-11)7(13)12-6/h2-3H,1H3,(H,12,13). The van der Waals surface area contributed by atoms with Crippen molar-refractivity contribution in [2.24, 2.45) is 0 Å². The first-order valence-corrected chi connectivity index (χ1v) is 3.47. The van der Waals surface area contributed by atoms with E-state index in [-0.39, 0.29) is 5.56 Å². The van der Waals surface area contributed by atoms with Crippen LogP contribution < -0.4 is 5.56 Å². The van der Waals surface area contributed by atoms with Crippen molar-refractivity contribution in [1.29, 1.82) is 5.26 Å². The lowest BCUT2D eigenvalue weighted by atomic mass is 10.2. The zero-order valence-electron chi connectivity index (χ0n) is 6.77. The second kappa shape index (κ2) is 2.98. The number of nitrogens with zero attached hydrogens (tertiary/aromatic N) is 1. The Bertz CT molecular complexity index is 411. The highest BCUT2D eigenvalue weighted by Gasteiger charge is 2.25. The zero-order valence-corrected chi connectivity index (χ0v) is 6.77. The van der Waals surface area contributed by atoms with Crippen LogP contribution in [0.5, 0.6) is 0 Å². The van der Waals surface area contributed by atoms with Gasteiger partial charge in [0.1, 0.15) is 11.6 Å². The number of pyridine rings is 1. The van der Waals surface area contributed by atoms with E-state index in [0.717, 1.165) is 12.1 Å². The van der Waals surface area contributed by atoms with Crippen LogP contribution in [0.25, 0.3) is 0 Å². The number of hydrogen-bond acceptors (Lipinski definition) is 2. The minimum atomic E-state index is -3.09. The third kappa shape index (κ3) is 1.90. The molecule has 1 rings (SSSR count). The van der Waals surface area contributed by atoms with Crippen LogP contribution in [0, 0.1) is 11.3 Å². The van der Waals surface area contributed by atoms with Gasteiger partial charge < -0.3 is 4.98 Å². The molecule has 0 aliphatic heterocycles. The largest absolute Gasteiger partial charge is 0.320 e. The van der Waals surface area contributed by atoms with E-state index in [4.69, 9.17) is 5.26 Å². The molecule has 0 unspecified atom stereocenters. The third-order valence-corrected chi connectivity index (χ3v) is 1.50.